The summed E-state index contributed by atoms with van der Waals surface area (Å²) in [6.45, 7) is 6.74. The predicted molar refractivity (Wildman–Crippen MR) is 79.3 cm³/mol. The smallest absolute Gasteiger partial charge is 0.234 e. The zero-order chi connectivity index (χ0) is 13.8. The molecule has 1 unspecified atom stereocenters. The van der Waals surface area contributed by atoms with Gasteiger partial charge in [0.1, 0.15) is 0 Å². The SMILES string of the molecule is CC(C)C(NC(=O)CN(C)C1CNC1)c1cccs1. The molecule has 2 heterocycles. The van der Waals surface area contributed by atoms with Crippen LogP contribution in [0.1, 0.15) is 24.8 Å². The first-order valence-corrected chi connectivity index (χ1v) is 7.69. The molecule has 0 spiro atoms. The van der Waals surface area contributed by atoms with Crippen LogP contribution in [-0.4, -0.2) is 43.5 Å². The number of carbonyl (C=O) groups excluding carboxylic acids is 1. The highest BCUT2D eigenvalue weighted by atomic mass is 32.1. The lowest BCUT2D eigenvalue weighted by Gasteiger charge is -2.35. The van der Waals surface area contributed by atoms with Crippen LogP contribution in [0.15, 0.2) is 17.5 Å². The molecule has 1 saturated heterocycles. The number of likely N-dealkylation sites (N-methyl/N-ethyl adjacent to an activating group) is 1. The molecule has 2 N–H and O–H groups in total. The first kappa shape index (κ1) is 14.5. The fraction of sp³-hybridized carbons (Fsp3) is 0.643. The number of nitrogens with one attached hydrogen (secondary N) is 2. The number of hydrogen-bond donors (Lipinski definition) is 2. The maximum absolute atomic E-state index is 12.1. The van der Waals surface area contributed by atoms with E-state index in [0.717, 1.165) is 13.1 Å². The molecule has 0 bridgehead atoms. The normalized spacial score (nSPS) is 17.5. The summed E-state index contributed by atoms with van der Waals surface area (Å²) in [6.07, 6.45) is 0. The van der Waals surface area contributed by atoms with Gasteiger partial charge in [-0.3, -0.25) is 9.69 Å². The molecule has 1 aliphatic heterocycles. The summed E-state index contributed by atoms with van der Waals surface area (Å²) in [5.74, 6) is 0.514. The molecular weight excluding hydrogens is 258 g/mol. The standard InChI is InChI=1S/C14H23N3OS/c1-10(2)14(12-5-4-6-19-12)16-13(18)9-17(3)11-7-15-8-11/h4-6,10-11,14-15H,7-9H2,1-3H3,(H,16,18). The van der Waals surface area contributed by atoms with Gasteiger partial charge in [0, 0.05) is 24.0 Å². The van der Waals surface area contributed by atoms with Crippen LogP contribution in [0.4, 0.5) is 0 Å². The molecule has 19 heavy (non-hydrogen) atoms. The van der Waals surface area contributed by atoms with Gasteiger partial charge < -0.3 is 10.6 Å². The predicted octanol–water partition coefficient (Wildman–Crippen LogP) is 1.47. The molecule has 0 radical (unpaired) electrons. The largest absolute Gasteiger partial charge is 0.347 e. The molecule has 2 rings (SSSR count). The molecule has 4 nitrogen and oxygen atoms in total. The van der Waals surface area contributed by atoms with Gasteiger partial charge in [-0.15, -0.1) is 11.3 Å². The van der Waals surface area contributed by atoms with Crippen molar-refractivity contribution in [3.8, 4) is 0 Å². The van der Waals surface area contributed by atoms with Crippen LogP contribution < -0.4 is 10.6 Å². The van der Waals surface area contributed by atoms with E-state index in [9.17, 15) is 4.79 Å². The van der Waals surface area contributed by atoms with Gasteiger partial charge in [-0.05, 0) is 24.4 Å². The number of thiophene rings is 1. The molecule has 1 aromatic heterocycles. The number of carbonyl (C=O) groups is 1. The minimum atomic E-state index is 0.113. The van der Waals surface area contributed by atoms with Crippen LogP contribution in [0.2, 0.25) is 0 Å². The van der Waals surface area contributed by atoms with Crippen molar-refractivity contribution in [3.05, 3.63) is 22.4 Å². The molecule has 106 valence electrons. The lowest BCUT2D eigenvalue weighted by molar-refractivity contribution is -0.123. The summed E-state index contributed by atoms with van der Waals surface area (Å²) in [6, 6.07) is 4.76. The fourth-order valence-corrected chi connectivity index (χ4v) is 3.14. The molecule has 0 aromatic carbocycles. The van der Waals surface area contributed by atoms with Crippen molar-refractivity contribution in [2.24, 2.45) is 5.92 Å². The van der Waals surface area contributed by atoms with E-state index in [1.54, 1.807) is 11.3 Å². The second-order valence-corrected chi connectivity index (χ2v) is 6.51. The molecular formula is C14H23N3OS. The van der Waals surface area contributed by atoms with E-state index in [1.165, 1.54) is 4.88 Å². The molecule has 1 atom stereocenters. The Hall–Kier alpha value is -0.910. The van der Waals surface area contributed by atoms with Crippen molar-refractivity contribution in [3.63, 3.8) is 0 Å². The van der Waals surface area contributed by atoms with Gasteiger partial charge in [0.25, 0.3) is 0 Å². The average Bonchev–Trinajstić information content (AvgIpc) is 2.75. The first-order chi connectivity index (χ1) is 9.08. The molecule has 0 saturated carbocycles. The summed E-state index contributed by atoms with van der Waals surface area (Å²) in [5, 5.41) is 8.45. The second kappa shape index (κ2) is 6.50. The highest BCUT2D eigenvalue weighted by molar-refractivity contribution is 7.10. The average molecular weight is 281 g/mol. The van der Waals surface area contributed by atoms with Crippen molar-refractivity contribution < 1.29 is 4.79 Å². The number of nitrogens with zero attached hydrogens (tertiary/aromatic N) is 1. The number of amides is 1. The van der Waals surface area contributed by atoms with E-state index in [-0.39, 0.29) is 11.9 Å². The number of hydrogen-bond acceptors (Lipinski definition) is 4. The quantitative estimate of drug-likeness (QED) is 0.830. The van der Waals surface area contributed by atoms with Crippen molar-refractivity contribution >= 4 is 17.2 Å². The zero-order valence-electron chi connectivity index (χ0n) is 11.8. The minimum Gasteiger partial charge on any atom is -0.347 e. The second-order valence-electron chi connectivity index (χ2n) is 5.53. The Morgan fingerprint density at radius 1 is 1.58 bits per heavy atom. The lowest BCUT2D eigenvalue weighted by Crippen LogP contribution is -2.57. The Bertz CT molecular complexity index is 401. The monoisotopic (exact) mass is 281 g/mol. The highest BCUT2D eigenvalue weighted by Gasteiger charge is 2.25. The molecule has 1 aliphatic rings. The maximum atomic E-state index is 12.1. The van der Waals surface area contributed by atoms with E-state index < -0.39 is 0 Å². The van der Waals surface area contributed by atoms with Gasteiger partial charge in [0.15, 0.2) is 0 Å². The molecule has 0 aliphatic carbocycles. The number of rotatable bonds is 6. The van der Waals surface area contributed by atoms with Crippen molar-refractivity contribution in [1.29, 1.82) is 0 Å². The summed E-state index contributed by atoms with van der Waals surface area (Å²) in [5.41, 5.74) is 0. The van der Waals surface area contributed by atoms with Crippen LogP contribution in [0.25, 0.3) is 0 Å². The van der Waals surface area contributed by atoms with E-state index >= 15 is 0 Å². The van der Waals surface area contributed by atoms with E-state index in [1.807, 2.05) is 13.1 Å². The Balaban J connectivity index is 1.88. The van der Waals surface area contributed by atoms with E-state index in [4.69, 9.17) is 0 Å². The van der Waals surface area contributed by atoms with Crippen LogP contribution in [0, 0.1) is 5.92 Å². The Morgan fingerprint density at radius 2 is 2.32 bits per heavy atom. The van der Waals surface area contributed by atoms with Crippen LogP contribution >= 0.6 is 11.3 Å². The maximum Gasteiger partial charge on any atom is 0.234 e. The third-order valence-electron chi connectivity index (χ3n) is 3.61. The van der Waals surface area contributed by atoms with Crippen molar-refractivity contribution in [2.75, 3.05) is 26.7 Å². The van der Waals surface area contributed by atoms with Crippen LogP contribution in [-0.2, 0) is 4.79 Å². The summed E-state index contributed by atoms with van der Waals surface area (Å²) >= 11 is 1.70. The minimum absolute atomic E-state index is 0.113. The summed E-state index contributed by atoms with van der Waals surface area (Å²) in [7, 11) is 2.01. The van der Waals surface area contributed by atoms with Gasteiger partial charge in [-0.2, -0.15) is 0 Å². The molecule has 1 amide bonds. The van der Waals surface area contributed by atoms with E-state index in [2.05, 4.69) is 40.8 Å². The third kappa shape index (κ3) is 3.78. The van der Waals surface area contributed by atoms with Gasteiger partial charge in [0.2, 0.25) is 5.91 Å². The van der Waals surface area contributed by atoms with Crippen LogP contribution in [0.3, 0.4) is 0 Å². The van der Waals surface area contributed by atoms with Crippen molar-refractivity contribution in [2.45, 2.75) is 25.9 Å². The molecule has 1 fully saturated rings. The summed E-state index contributed by atoms with van der Waals surface area (Å²) < 4.78 is 0. The Kier molecular flexibility index (Phi) is 4.96. The molecule has 5 heteroatoms. The van der Waals surface area contributed by atoms with Crippen LogP contribution in [0.5, 0.6) is 0 Å². The Labute approximate surface area is 119 Å². The first-order valence-electron chi connectivity index (χ1n) is 6.81. The van der Waals surface area contributed by atoms with Gasteiger partial charge in [-0.25, -0.2) is 0 Å². The highest BCUT2D eigenvalue weighted by Crippen LogP contribution is 2.25. The zero-order valence-corrected chi connectivity index (χ0v) is 12.7. The fourth-order valence-electron chi connectivity index (χ4n) is 2.19. The Morgan fingerprint density at radius 3 is 2.79 bits per heavy atom. The van der Waals surface area contributed by atoms with Crippen molar-refractivity contribution in [1.82, 2.24) is 15.5 Å². The lowest BCUT2D eigenvalue weighted by atomic mass is 10.0. The topological polar surface area (TPSA) is 44.4 Å². The van der Waals surface area contributed by atoms with Gasteiger partial charge >= 0.3 is 0 Å². The van der Waals surface area contributed by atoms with Gasteiger partial charge in [0.05, 0.1) is 12.6 Å². The third-order valence-corrected chi connectivity index (χ3v) is 4.56. The van der Waals surface area contributed by atoms with E-state index in [0.29, 0.717) is 18.5 Å². The van der Waals surface area contributed by atoms with Gasteiger partial charge in [-0.1, -0.05) is 19.9 Å². The molecule has 1 aromatic rings. The summed E-state index contributed by atoms with van der Waals surface area (Å²) in [4.78, 5) is 15.5.